The van der Waals surface area contributed by atoms with E-state index in [1.54, 1.807) is 58.2 Å². The second-order valence-corrected chi connectivity index (χ2v) is 6.00. The highest BCUT2D eigenvalue weighted by Crippen LogP contribution is 2.26. The Balaban J connectivity index is 1.73. The van der Waals surface area contributed by atoms with Crippen molar-refractivity contribution < 1.29 is 18.0 Å². The van der Waals surface area contributed by atoms with E-state index >= 15 is 0 Å². The van der Waals surface area contributed by atoms with E-state index in [1.807, 2.05) is 0 Å². The van der Waals surface area contributed by atoms with E-state index in [0.29, 0.717) is 21.8 Å². The van der Waals surface area contributed by atoms with Crippen LogP contribution >= 0.6 is 0 Å². The van der Waals surface area contributed by atoms with Gasteiger partial charge >= 0.3 is 6.18 Å². The number of rotatable bonds is 3. The van der Waals surface area contributed by atoms with Crippen LogP contribution in [0.25, 0.3) is 21.8 Å². The van der Waals surface area contributed by atoms with Crippen molar-refractivity contribution in [2.24, 2.45) is 0 Å². The van der Waals surface area contributed by atoms with Gasteiger partial charge in [0, 0.05) is 10.8 Å². The van der Waals surface area contributed by atoms with Crippen molar-refractivity contribution in [1.29, 1.82) is 0 Å². The van der Waals surface area contributed by atoms with Gasteiger partial charge in [-0.1, -0.05) is 24.3 Å². The van der Waals surface area contributed by atoms with Gasteiger partial charge in [-0.05, 0) is 24.3 Å². The Morgan fingerprint density at radius 2 is 1.61 bits per heavy atom. The topological polar surface area (TPSA) is 92.7 Å². The number of aromatic nitrogens is 4. The van der Waals surface area contributed by atoms with Gasteiger partial charge in [0.25, 0.3) is 0 Å². The molecule has 2 aromatic carbocycles. The van der Waals surface area contributed by atoms with Crippen LogP contribution in [0.3, 0.4) is 0 Å². The minimum atomic E-state index is -4.69. The fraction of sp³-hybridized carbons (Fsp3) is 0.111. The van der Waals surface area contributed by atoms with E-state index in [-0.39, 0.29) is 12.0 Å². The molecule has 0 aliphatic carbocycles. The number of nitrogens with one attached hydrogen (secondary N) is 2. The molecule has 7 nitrogen and oxygen atoms in total. The van der Waals surface area contributed by atoms with E-state index in [9.17, 15) is 22.8 Å². The first-order chi connectivity index (χ1) is 13.3. The lowest BCUT2D eigenvalue weighted by Gasteiger charge is -2.14. The van der Waals surface area contributed by atoms with Gasteiger partial charge in [-0.15, -0.1) is 5.10 Å². The van der Waals surface area contributed by atoms with Gasteiger partial charge in [0.05, 0.1) is 11.0 Å². The van der Waals surface area contributed by atoms with Crippen molar-refractivity contribution in [2.75, 3.05) is 5.32 Å². The number of H-pyrrole nitrogens is 1. The number of pyridine rings is 1. The Labute approximate surface area is 154 Å². The lowest BCUT2D eigenvalue weighted by Crippen LogP contribution is -2.22. The molecule has 4 rings (SSSR count). The smallest absolute Gasteiger partial charge is 0.331 e. The minimum absolute atomic E-state index is 0.161. The molecule has 0 atom stereocenters. The van der Waals surface area contributed by atoms with Crippen LogP contribution in [0.5, 0.6) is 0 Å². The van der Waals surface area contributed by atoms with Crippen LogP contribution in [0.2, 0.25) is 0 Å². The lowest BCUT2D eigenvalue weighted by molar-refractivity contribution is -0.144. The minimum Gasteiger partial charge on any atom is -0.331 e. The third-order valence-electron chi connectivity index (χ3n) is 4.19. The molecule has 0 saturated heterocycles. The summed E-state index contributed by atoms with van der Waals surface area (Å²) in [5.74, 6) is -2.42. The summed E-state index contributed by atoms with van der Waals surface area (Å²) in [5.41, 5.74) is 0.909. The number of nitrogens with zero attached hydrogens (tertiary/aromatic N) is 3. The van der Waals surface area contributed by atoms with Crippen molar-refractivity contribution in [3.8, 4) is 0 Å². The van der Waals surface area contributed by atoms with Gasteiger partial charge in [-0.25, -0.2) is 0 Å². The zero-order valence-electron chi connectivity index (χ0n) is 14.1. The molecular weight excluding hydrogens is 375 g/mol. The van der Waals surface area contributed by atoms with Crippen LogP contribution in [-0.2, 0) is 17.5 Å². The molecule has 28 heavy (non-hydrogen) atoms. The van der Waals surface area contributed by atoms with Gasteiger partial charge in [-0.2, -0.15) is 18.2 Å². The van der Waals surface area contributed by atoms with Crippen LogP contribution in [0.1, 0.15) is 5.82 Å². The molecule has 0 aliphatic heterocycles. The molecule has 142 valence electrons. The molecule has 2 aromatic heterocycles. The second-order valence-electron chi connectivity index (χ2n) is 6.00. The first kappa shape index (κ1) is 17.7. The van der Waals surface area contributed by atoms with E-state index < -0.39 is 23.9 Å². The van der Waals surface area contributed by atoms with Gasteiger partial charge in [0.15, 0.2) is 5.43 Å². The maximum Gasteiger partial charge on any atom is 0.451 e. The van der Waals surface area contributed by atoms with Crippen molar-refractivity contribution in [2.45, 2.75) is 12.7 Å². The molecule has 0 bridgehead atoms. The van der Waals surface area contributed by atoms with Crippen molar-refractivity contribution in [3.63, 3.8) is 0 Å². The Hall–Kier alpha value is -3.69. The zero-order chi connectivity index (χ0) is 19.9. The van der Waals surface area contributed by atoms with E-state index in [1.165, 1.54) is 0 Å². The Morgan fingerprint density at radius 1 is 1.04 bits per heavy atom. The van der Waals surface area contributed by atoms with Gasteiger partial charge in [-0.3, -0.25) is 20.0 Å². The number of aromatic amines is 1. The van der Waals surface area contributed by atoms with Crippen LogP contribution in [-0.4, -0.2) is 25.7 Å². The summed E-state index contributed by atoms with van der Waals surface area (Å²) in [6, 6.07) is 13.6. The molecule has 0 aliphatic rings. The summed E-state index contributed by atoms with van der Waals surface area (Å²) >= 11 is 0. The number of hydrogen-bond acceptors (Lipinski definition) is 4. The predicted octanol–water partition coefficient (Wildman–Crippen LogP) is 2.93. The molecule has 0 fully saturated rings. The number of para-hydroxylation sites is 2. The highest BCUT2D eigenvalue weighted by atomic mass is 19.4. The van der Waals surface area contributed by atoms with E-state index in [0.717, 1.165) is 0 Å². The average molecular weight is 387 g/mol. The molecule has 0 saturated carbocycles. The Bertz CT molecular complexity index is 1200. The molecule has 0 radical (unpaired) electrons. The fourth-order valence-corrected chi connectivity index (χ4v) is 3.00. The molecular formula is C18H12F3N5O2. The maximum absolute atomic E-state index is 12.7. The molecule has 0 spiro atoms. The quantitative estimate of drug-likeness (QED) is 0.529. The Morgan fingerprint density at radius 3 is 2.14 bits per heavy atom. The number of halogens is 3. The van der Waals surface area contributed by atoms with E-state index in [2.05, 4.69) is 15.4 Å². The van der Waals surface area contributed by atoms with Crippen molar-refractivity contribution >= 4 is 33.7 Å². The molecule has 10 heteroatoms. The largest absolute Gasteiger partial charge is 0.451 e. The summed E-state index contributed by atoms with van der Waals surface area (Å²) in [4.78, 5) is 28.3. The van der Waals surface area contributed by atoms with Crippen LogP contribution in [0, 0.1) is 0 Å². The fourth-order valence-electron chi connectivity index (χ4n) is 3.00. The summed E-state index contributed by atoms with van der Waals surface area (Å²) in [6.07, 6.45) is -4.69. The standard InChI is InChI=1S/C18H12F3N5O2/c19-18(20,21)16-23-17(25-24-16)22-14(27)9-26-12-7-3-1-5-10(12)15(28)11-6-2-4-8-13(11)26/h1-8H,9H2,(H2,22,23,24,25,27). The number of alkyl halides is 3. The molecule has 0 unspecified atom stereocenters. The predicted molar refractivity (Wildman–Crippen MR) is 95.7 cm³/mol. The number of benzene rings is 2. The number of anilines is 1. The highest BCUT2D eigenvalue weighted by molar-refractivity contribution is 5.96. The van der Waals surface area contributed by atoms with Gasteiger partial charge < -0.3 is 4.57 Å². The summed E-state index contributed by atoms with van der Waals surface area (Å²) in [6.45, 7) is -0.239. The van der Waals surface area contributed by atoms with Crippen molar-refractivity contribution in [1.82, 2.24) is 19.7 Å². The number of fused-ring (bicyclic) bond motifs is 2. The molecule has 2 heterocycles. The average Bonchev–Trinajstić information content (AvgIpc) is 3.14. The number of hydrogen-bond donors (Lipinski definition) is 2. The third-order valence-corrected chi connectivity index (χ3v) is 4.19. The number of carbonyl (C=O) groups is 1. The SMILES string of the molecule is O=C(Cn1c2ccccc2c(=O)c2ccccc21)Nc1n[nH]c(C(F)(F)F)n1. The second kappa shape index (κ2) is 6.48. The van der Waals surface area contributed by atoms with Gasteiger partial charge in [0.1, 0.15) is 6.54 Å². The number of amides is 1. The summed E-state index contributed by atoms with van der Waals surface area (Å²) in [7, 11) is 0. The first-order valence-electron chi connectivity index (χ1n) is 8.14. The third kappa shape index (κ3) is 3.08. The molecule has 2 N–H and O–H groups in total. The zero-order valence-corrected chi connectivity index (χ0v) is 14.1. The first-order valence-corrected chi connectivity index (χ1v) is 8.14. The lowest BCUT2D eigenvalue weighted by atomic mass is 10.1. The monoisotopic (exact) mass is 387 g/mol. The normalized spacial score (nSPS) is 11.8. The summed E-state index contributed by atoms with van der Waals surface area (Å²) < 4.78 is 39.4. The molecule has 4 aromatic rings. The maximum atomic E-state index is 12.7. The van der Waals surface area contributed by atoms with Crippen LogP contribution < -0.4 is 10.7 Å². The number of carbonyl (C=O) groups excluding carboxylic acids is 1. The van der Waals surface area contributed by atoms with Crippen molar-refractivity contribution in [3.05, 3.63) is 64.6 Å². The molecule has 1 amide bonds. The highest BCUT2D eigenvalue weighted by Gasteiger charge is 2.35. The van der Waals surface area contributed by atoms with Crippen LogP contribution in [0.4, 0.5) is 19.1 Å². The van der Waals surface area contributed by atoms with Gasteiger partial charge in [0.2, 0.25) is 17.7 Å². The van der Waals surface area contributed by atoms with Crippen LogP contribution in [0.15, 0.2) is 53.3 Å². The summed E-state index contributed by atoms with van der Waals surface area (Å²) in [5, 5.41) is 8.20. The Kier molecular flexibility index (Phi) is 4.10. The van der Waals surface area contributed by atoms with E-state index in [4.69, 9.17) is 0 Å².